The maximum absolute atomic E-state index is 4.66. The Kier molecular flexibility index (Phi) is 10.3. The van der Waals surface area contributed by atoms with Crippen LogP contribution in [0, 0.1) is 0 Å². The third-order valence-corrected chi connectivity index (χ3v) is 5.00. The highest BCUT2D eigenvalue weighted by Gasteiger charge is 2.05. The van der Waals surface area contributed by atoms with Gasteiger partial charge in [0.1, 0.15) is 0 Å². The van der Waals surface area contributed by atoms with E-state index in [9.17, 15) is 0 Å². The van der Waals surface area contributed by atoms with Crippen molar-refractivity contribution < 1.29 is 0 Å². The lowest BCUT2D eigenvalue weighted by molar-refractivity contribution is 0.762. The van der Waals surface area contributed by atoms with Crippen molar-refractivity contribution in [3.8, 4) is 0 Å². The average Bonchev–Trinajstić information content (AvgIpc) is 2.96. The molecule has 126 valence electrons. The lowest BCUT2D eigenvalue weighted by Gasteiger charge is -2.10. The summed E-state index contributed by atoms with van der Waals surface area (Å²) in [6.07, 6.45) is 5.49. The van der Waals surface area contributed by atoms with Gasteiger partial charge in [-0.2, -0.15) is 11.8 Å². The van der Waals surface area contributed by atoms with Crippen LogP contribution in [0.15, 0.2) is 10.4 Å². The molecule has 0 saturated heterocycles. The first-order valence-corrected chi connectivity index (χ1v) is 10.4. The number of rotatable bonds is 10. The molecule has 2 N–H and O–H groups in total. The summed E-state index contributed by atoms with van der Waals surface area (Å²) in [5.41, 5.74) is 1.18. The van der Waals surface area contributed by atoms with Gasteiger partial charge in [-0.25, -0.2) is 4.98 Å². The first-order chi connectivity index (χ1) is 10.7. The quantitative estimate of drug-likeness (QED) is 0.388. The van der Waals surface area contributed by atoms with E-state index in [1.165, 1.54) is 22.9 Å². The van der Waals surface area contributed by atoms with Crippen molar-refractivity contribution in [3.63, 3.8) is 0 Å². The normalized spacial score (nSPS) is 12.0. The number of nitrogens with one attached hydrogen (secondary N) is 2. The maximum Gasteiger partial charge on any atom is 0.191 e. The van der Waals surface area contributed by atoms with Gasteiger partial charge < -0.3 is 10.6 Å². The minimum atomic E-state index is 0.520. The lowest BCUT2D eigenvalue weighted by Crippen LogP contribution is -2.38. The van der Waals surface area contributed by atoms with E-state index in [0.717, 1.165) is 38.4 Å². The van der Waals surface area contributed by atoms with Crippen LogP contribution >= 0.6 is 23.1 Å². The molecular weight excluding hydrogens is 312 g/mol. The molecule has 0 amide bonds. The van der Waals surface area contributed by atoms with Crippen LogP contribution in [0.5, 0.6) is 0 Å². The standard InChI is InChI=1S/C16H30N4S2/c1-5-17-16(18-9-6-7-11-21-4)19-10-8-14-12-22-15(20-14)13(2)3/h12-13H,5-11H2,1-4H3,(H2,17,18,19). The molecule has 6 heteroatoms. The number of thiazole rings is 1. The topological polar surface area (TPSA) is 49.3 Å². The Labute approximate surface area is 143 Å². The molecule has 0 atom stereocenters. The van der Waals surface area contributed by atoms with Crippen molar-refractivity contribution >= 4 is 29.1 Å². The van der Waals surface area contributed by atoms with Crippen LogP contribution in [0.4, 0.5) is 0 Å². The smallest absolute Gasteiger partial charge is 0.191 e. The molecular formula is C16H30N4S2. The summed E-state index contributed by atoms with van der Waals surface area (Å²) in [5.74, 6) is 2.67. The molecule has 0 saturated carbocycles. The summed E-state index contributed by atoms with van der Waals surface area (Å²) >= 11 is 3.66. The monoisotopic (exact) mass is 342 g/mol. The fraction of sp³-hybridized carbons (Fsp3) is 0.750. The molecule has 0 spiro atoms. The van der Waals surface area contributed by atoms with Gasteiger partial charge in [0.05, 0.1) is 10.7 Å². The Hall–Kier alpha value is -0.750. The van der Waals surface area contributed by atoms with Crippen LogP contribution in [0.1, 0.15) is 50.2 Å². The molecule has 0 aliphatic heterocycles. The highest BCUT2D eigenvalue weighted by molar-refractivity contribution is 7.98. The second-order valence-corrected chi connectivity index (χ2v) is 7.34. The summed E-state index contributed by atoms with van der Waals surface area (Å²) < 4.78 is 0. The molecule has 1 rings (SSSR count). The van der Waals surface area contributed by atoms with Crippen molar-refractivity contribution in [1.29, 1.82) is 0 Å². The summed E-state index contributed by atoms with van der Waals surface area (Å²) in [6.45, 7) is 9.13. The van der Waals surface area contributed by atoms with Gasteiger partial charge in [0.25, 0.3) is 0 Å². The predicted molar refractivity (Wildman–Crippen MR) is 102 cm³/mol. The van der Waals surface area contributed by atoms with E-state index in [-0.39, 0.29) is 0 Å². The molecule has 4 nitrogen and oxygen atoms in total. The predicted octanol–water partition coefficient (Wildman–Crippen LogP) is 3.51. The molecule has 1 aromatic rings. The van der Waals surface area contributed by atoms with Gasteiger partial charge in [-0.1, -0.05) is 13.8 Å². The van der Waals surface area contributed by atoms with Crippen LogP contribution in [0.25, 0.3) is 0 Å². The van der Waals surface area contributed by atoms with Crippen LogP contribution in [0.2, 0.25) is 0 Å². The SMILES string of the molecule is CCNC(=NCCCCSC)NCCc1csc(C(C)C)n1. The van der Waals surface area contributed by atoms with Crippen molar-refractivity contribution in [2.75, 3.05) is 31.6 Å². The minimum Gasteiger partial charge on any atom is -0.357 e. The summed E-state index contributed by atoms with van der Waals surface area (Å²) in [4.78, 5) is 9.28. The Morgan fingerprint density at radius 3 is 2.82 bits per heavy atom. The van der Waals surface area contributed by atoms with Crippen LogP contribution in [-0.4, -0.2) is 42.6 Å². The van der Waals surface area contributed by atoms with Crippen molar-refractivity contribution in [3.05, 3.63) is 16.1 Å². The summed E-state index contributed by atoms with van der Waals surface area (Å²) in [6, 6.07) is 0. The van der Waals surface area contributed by atoms with Gasteiger partial charge in [0.2, 0.25) is 0 Å². The third kappa shape index (κ3) is 8.03. The van der Waals surface area contributed by atoms with Crippen molar-refractivity contribution in [1.82, 2.24) is 15.6 Å². The van der Waals surface area contributed by atoms with Crippen molar-refractivity contribution in [2.45, 2.75) is 46.0 Å². The Morgan fingerprint density at radius 2 is 2.18 bits per heavy atom. The van der Waals surface area contributed by atoms with E-state index < -0.39 is 0 Å². The molecule has 0 aliphatic rings. The van der Waals surface area contributed by atoms with Crippen LogP contribution in [-0.2, 0) is 6.42 Å². The summed E-state index contributed by atoms with van der Waals surface area (Å²) in [5, 5.41) is 10.1. The van der Waals surface area contributed by atoms with E-state index in [1.54, 1.807) is 11.3 Å². The highest BCUT2D eigenvalue weighted by atomic mass is 32.2. The Balaban J connectivity index is 2.31. The molecule has 0 bridgehead atoms. The average molecular weight is 343 g/mol. The second-order valence-electron chi connectivity index (χ2n) is 5.47. The zero-order chi connectivity index (χ0) is 16.2. The molecule has 1 heterocycles. The van der Waals surface area contributed by atoms with Crippen molar-refractivity contribution in [2.24, 2.45) is 4.99 Å². The third-order valence-electron chi connectivity index (χ3n) is 3.11. The Morgan fingerprint density at radius 1 is 1.36 bits per heavy atom. The number of hydrogen-bond acceptors (Lipinski definition) is 4. The van der Waals surface area contributed by atoms with E-state index in [0.29, 0.717) is 5.92 Å². The molecule has 0 fully saturated rings. The van der Waals surface area contributed by atoms with E-state index >= 15 is 0 Å². The van der Waals surface area contributed by atoms with E-state index in [2.05, 4.69) is 53.0 Å². The Bertz CT molecular complexity index is 430. The van der Waals surface area contributed by atoms with Gasteiger partial charge in [0.15, 0.2) is 5.96 Å². The highest BCUT2D eigenvalue weighted by Crippen LogP contribution is 2.19. The minimum absolute atomic E-state index is 0.520. The van der Waals surface area contributed by atoms with E-state index in [1.807, 2.05) is 11.8 Å². The van der Waals surface area contributed by atoms with E-state index in [4.69, 9.17) is 0 Å². The number of aliphatic imine (C=N–C) groups is 1. The second kappa shape index (κ2) is 11.8. The molecule has 0 radical (unpaired) electrons. The molecule has 0 unspecified atom stereocenters. The zero-order valence-corrected chi connectivity index (χ0v) is 15.9. The van der Waals surface area contributed by atoms with Gasteiger partial charge in [-0.05, 0) is 31.8 Å². The molecule has 22 heavy (non-hydrogen) atoms. The van der Waals surface area contributed by atoms with Gasteiger partial charge >= 0.3 is 0 Å². The first-order valence-electron chi connectivity index (χ1n) is 8.12. The van der Waals surface area contributed by atoms with Crippen LogP contribution < -0.4 is 10.6 Å². The fourth-order valence-corrected chi connectivity index (χ4v) is 3.26. The first kappa shape index (κ1) is 19.3. The number of nitrogens with zero attached hydrogens (tertiary/aromatic N) is 2. The fourth-order valence-electron chi connectivity index (χ4n) is 1.90. The van der Waals surface area contributed by atoms with Gasteiger partial charge in [0, 0.05) is 37.4 Å². The number of hydrogen-bond donors (Lipinski definition) is 2. The number of aromatic nitrogens is 1. The number of guanidine groups is 1. The number of thioether (sulfide) groups is 1. The van der Waals surface area contributed by atoms with Gasteiger partial charge in [-0.3, -0.25) is 4.99 Å². The maximum atomic E-state index is 4.66. The number of unbranched alkanes of at least 4 members (excludes halogenated alkanes) is 1. The molecule has 0 aliphatic carbocycles. The summed E-state index contributed by atoms with van der Waals surface area (Å²) in [7, 11) is 0. The molecule has 0 aromatic carbocycles. The molecule has 1 aromatic heterocycles. The lowest BCUT2D eigenvalue weighted by atomic mass is 10.2. The van der Waals surface area contributed by atoms with Gasteiger partial charge in [-0.15, -0.1) is 11.3 Å². The van der Waals surface area contributed by atoms with Crippen LogP contribution in [0.3, 0.4) is 0 Å². The largest absolute Gasteiger partial charge is 0.357 e. The zero-order valence-electron chi connectivity index (χ0n) is 14.3.